The van der Waals surface area contributed by atoms with Gasteiger partial charge in [-0.2, -0.15) is 0 Å². The predicted octanol–water partition coefficient (Wildman–Crippen LogP) is 0.526. The van der Waals surface area contributed by atoms with E-state index >= 15 is 0 Å². The van der Waals surface area contributed by atoms with Crippen molar-refractivity contribution in [1.82, 2.24) is 0 Å². The molecule has 2 nitrogen and oxygen atoms in total. The van der Waals surface area contributed by atoms with Crippen LogP contribution in [-0.4, -0.2) is 35.1 Å². The molecule has 0 heterocycles. The standard InChI is InChI=1S/C5H9O2.Sn/c1-3-5(6)7-4-2;/h3H,4H2,1-2H3;. The fourth-order valence-corrected chi connectivity index (χ4v) is 0.505. The second-order valence-corrected chi connectivity index (χ2v) is 3.95. The van der Waals surface area contributed by atoms with Gasteiger partial charge in [0.1, 0.15) is 0 Å². The van der Waals surface area contributed by atoms with Crippen molar-refractivity contribution < 1.29 is 9.53 Å². The number of hydrogen-bond acceptors (Lipinski definition) is 2. The maximum absolute atomic E-state index is 10.5. The third kappa shape index (κ3) is 3.29. The quantitative estimate of drug-likeness (QED) is 0.501. The van der Waals surface area contributed by atoms with Crippen LogP contribution in [0.4, 0.5) is 0 Å². The Morgan fingerprint density at radius 1 is 1.88 bits per heavy atom. The molecule has 0 aliphatic carbocycles. The fraction of sp³-hybridized carbons (Fsp3) is 0.800. The monoisotopic (exact) mass is 221 g/mol. The molecule has 3 radical (unpaired) electrons. The normalized spacial score (nSPS) is 12.9. The zero-order chi connectivity index (χ0) is 6.57. The van der Waals surface area contributed by atoms with Crippen LogP contribution < -0.4 is 0 Å². The number of rotatable bonds is 2. The second kappa shape index (κ2) is 4.18. The summed E-state index contributed by atoms with van der Waals surface area (Å²) in [6, 6.07) is 0. The van der Waals surface area contributed by atoms with Crippen LogP contribution in [0, 0.1) is 0 Å². The second-order valence-electron chi connectivity index (χ2n) is 1.47. The molecule has 0 fully saturated rings. The van der Waals surface area contributed by atoms with Crippen LogP contribution >= 0.6 is 0 Å². The fourth-order valence-electron chi connectivity index (χ4n) is 0.267. The van der Waals surface area contributed by atoms with E-state index in [1.54, 1.807) is 0 Å². The molecule has 8 heavy (non-hydrogen) atoms. The molecule has 3 heteroatoms. The molecule has 0 amide bonds. The summed E-state index contributed by atoms with van der Waals surface area (Å²) in [5.41, 5.74) is 0. The van der Waals surface area contributed by atoms with E-state index in [0.717, 1.165) is 0 Å². The molecule has 1 unspecified atom stereocenters. The third-order valence-electron chi connectivity index (χ3n) is 0.640. The van der Waals surface area contributed by atoms with Crippen molar-refractivity contribution in [2.24, 2.45) is 0 Å². The van der Waals surface area contributed by atoms with E-state index in [9.17, 15) is 4.79 Å². The molecule has 0 aliphatic heterocycles. The van der Waals surface area contributed by atoms with Gasteiger partial charge >= 0.3 is 62.4 Å². The molecule has 0 bridgehead atoms. The number of carbonyl (C=O) groups excluding carboxylic acids is 1. The van der Waals surface area contributed by atoms with Gasteiger partial charge in [0, 0.05) is 0 Å². The van der Waals surface area contributed by atoms with Crippen LogP contribution in [0.5, 0.6) is 0 Å². The Morgan fingerprint density at radius 2 is 2.38 bits per heavy atom. The summed E-state index contributed by atoms with van der Waals surface area (Å²) in [5, 5.41) is 0. The van der Waals surface area contributed by atoms with Gasteiger partial charge in [-0.1, -0.05) is 0 Å². The first-order valence-electron chi connectivity index (χ1n) is 2.56. The SMILES string of the molecule is CCOC(=O)[CH](C)[Sn]. The zero-order valence-corrected chi connectivity index (χ0v) is 7.96. The molecule has 0 N–H and O–H groups in total. The van der Waals surface area contributed by atoms with Gasteiger partial charge in [-0.15, -0.1) is 0 Å². The number of hydrogen-bond donors (Lipinski definition) is 0. The number of ether oxygens (including phenoxy) is 1. The van der Waals surface area contributed by atoms with E-state index in [2.05, 4.69) is 4.74 Å². The summed E-state index contributed by atoms with van der Waals surface area (Å²) < 4.78 is 4.79. The van der Waals surface area contributed by atoms with Crippen LogP contribution in [0.1, 0.15) is 13.8 Å². The van der Waals surface area contributed by atoms with Gasteiger partial charge in [0.15, 0.2) is 0 Å². The van der Waals surface area contributed by atoms with Gasteiger partial charge in [0.25, 0.3) is 0 Å². The first-order valence-corrected chi connectivity index (χ1v) is 4.21. The minimum atomic E-state index is -0.0781. The molecular weight excluding hydrogens is 211 g/mol. The molecule has 0 saturated carbocycles. The van der Waals surface area contributed by atoms with E-state index in [1.807, 2.05) is 13.8 Å². The van der Waals surface area contributed by atoms with Crippen LogP contribution in [0.2, 0.25) is 3.93 Å². The average Bonchev–Trinajstić information content (AvgIpc) is 1.67. The van der Waals surface area contributed by atoms with Crippen LogP contribution in [-0.2, 0) is 9.53 Å². The van der Waals surface area contributed by atoms with Crippen LogP contribution in [0.15, 0.2) is 0 Å². The van der Waals surface area contributed by atoms with Gasteiger partial charge in [-0.25, -0.2) is 0 Å². The van der Waals surface area contributed by atoms with Crippen LogP contribution in [0.25, 0.3) is 0 Å². The van der Waals surface area contributed by atoms with Gasteiger partial charge in [-0.3, -0.25) is 0 Å². The van der Waals surface area contributed by atoms with Crippen molar-refractivity contribution in [3.63, 3.8) is 0 Å². The number of esters is 1. The van der Waals surface area contributed by atoms with Gasteiger partial charge in [0.2, 0.25) is 0 Å². The van der Waals surface area contributed by atoms with Gasteiger partial charge in [-0.05, 0) is 0 Å². The molecule has 0 aliphatic rings. The average molecular weight is 220 g/mol. The Labute approximate surface area is 62.7 Å². The molecule has 0 saturated heterocycles. The van der Waals surface area contributed by atoms with E-state index < -0.39 is 0 Å². The summed E-state index contributed by atoms with van der Waals surface area (Å²) in [5.74, 6) is -0.0781. The molecule has 1 atom stereocenters. The maximum atomic E-state index is 10.5. The molecule has 0 aromatic heterocycles. The summed E-state index contributed by atoms with van der Waals surface area (Å²) in [4.78, 5) is 10.5. The van der Waals surface area contributed by atoms with Crippen molar-refractivity contribution in [2.45, 2.75) is 17.8 Å². The first kappa shape index (κ1) is 8.27. The molecule has 0 aromatic rings. The predicted molar refractivity (Wildman–Crippen MR) is 31.8 cm³/mol. The summed E-state index contributed by atoms with van der Waals surface area (Å²) in [6.45, 7) is 4.17. The van der Waals surface area contributed by atoms with Gasteiger partial charge < -0.3 is 0 Å². The summed E-state index contributed by atoms with van der Waals surface area (Å²) in [6.07, 6.45) is 0. The minimum absolute atomic E-state index is 0.0781. The van der Waals surface area contributed by atoms with Gasteiger partial charge in [0.05, 0.1) is 0 Å². The Hall–Kier alpha value is 0.269. The van der Waals surface area contributed by atoms with Crippen molar-refractivity contribution >= 4 is 28.5 Å². The molecule has 0 aromatic carbocycles. The van der Waals surface area contributed by atoms with Crippen LogP contribution in [0.3, 0.4) is 0 Å². The molecule has 0 rings (SSSR count). The van der Waals surface area contributed by atoms with E-state index in [1.165, 1.54) is 22.5 Å². The summed E-state index contributed by atoms with van der Waals surface area (Å²) in [7, 11) is 0. The summed E-state index contributed by atoms with van der Waals surface area (Å²) >= 11 is 1.22. The number of carbonyl (C=O) groups is 1. The third-order valence-corrected chi connectivity index (χ3v) is 1.31. The Morgan fingerprint density at radius 3 is 2.50 bits per heavy atom. The molecule has 45 valence electrons. The van der Waals surface area contributed by atoms with Crippen molar-refractivity contribution in [3.05, 3.63) is 0 Å². The van der Waals surface area contributed by atoms with Crippen molar-refractivity contribution in [2.75, 3.05) is 6.61 Å². The Bertz CT molecular complexity index is 80.5. The molecule has 0 spiro atoms. The van der Waals surface area contributed by atoms with Crippen molar-refractivity contribution in [3.8, 4) is 0 Å². The van der Waals surface area contributed by atoms with Crippen molar-refractivity contribution in [1.29, 1.82) is 0 Å². The molecular formula is C5H9O2Sn. The Balaban J connectivity index is 3.33. The topological polar surface area (TPSA) is 26.3 Å². The van der Waals surface area contributed by atoms with E-state index in [-0.39, 0.29) is 9.90 Å². The first-order chi connectivity index (χ1) is 3.68. The Kier molecular flexibility index (Phi) is 4.32. The van der Waals surface area contributed by atoms with E-state index in [4.69, 9.17) is 0 Å². The van der Waals surface area contributed by atoms with E-state index in [0.29, 0.717) is 6.61 Å². The zero-order valence-electron chi connectivity index (χ0n) is 5.10.